The van der Waals surface area contributed by atoms with Crippen molar-refractivity contribution < 1.29 is 14.6 Å². The molecule has 0 aliphatic carbocycles. The van der Waals surface area contributed by atoms with Crippen molar-refractivity contribution in [1.82, 2.24) is 15.2 Å². The summed E-state index contributed by atoms with van der Waals surface area (Å²) in [4.78, 5) is 16.3. The molecule has 0 spiro atoms. The van der Waals surface area contributed by atoms with Crippen molar-refractivity contribution in [2.45, 2.75) is 12.3 Å². The molecule has 0 radical (unpaired) electrons. The summed E-state index contributed by atoms with van der Waals surface area (Å²) in [5.74, 6) is 0.174. The van der Waals surface area contributed by atoms with Gasteiger partial charge in [-0.05, 0) is 29.8 Å². The molecule has 1 aliphatic rings. The molecule has 26 heavy (non-hydrogen) atoms. The molecule has 1 atom stereocenters. The number of halogens is 1. The molecule has 1 aliphatic heterocycles. The van der Waals surface area contributed by atoms with E-state index in [0.717, 1.165) is 22.4 Å². The molecule has 3 heterocycles. The Labute approximate surface area is 154 Å². The van der Waals surface area contributed by atoms with Crippen molar-refractivity contribution in [3.63, 3.8) is 0 Å². The number of aromatic hydroxyl groups is 1. The Morgan fingerprint density at radius 2 is 2.23 bits per heavy atom. The molecule has 2 aromatic heterocycles. The van der Waals surface area contributed by atoms with E-state index in [1.165, 1.54) is 7.11 Å². The third kappa shape index (κ3) is 2.66. The fraction of sp³-hybridized carbons (Fsp3) is 0.167. The van der Waals surface area contributed by atoms with Gasteiger partial charge in [0.1, 0.15) is 0 Å². The fourth-order valence-corrected chi connectivity index (χ4v) is 3.44. The number of fused-ring (bicyclic) bond motifs is 1. The number of H-pyrrole nitrogens is 1. The molecule has 1 aromatic carbocycles. The normalized spacial score (nSPS) is 16.1. The average molecular weight is 371 g/mol. The number of aromatic nitrogens is 3. The second-order valence-electron chi connectivity index (χ2n) is 5.96. The van der Waals surface area contributed by atoms with Gasteiger partial charge in [-0.25, -0.2) is 0 Å². The molecule has 132 valence electrons. The van der Waals surface area contributed by atoms with E-state index in [0.29, 0.717) is 5.82 Å². The van der Waals surface area contributed by atoms with Crippen LogP contribution in [0.2, 0.25) is 5.02 Å². The Morgan fingerprint density at radius 1 is 1.38 bits per heavy atom. The number of carbonyl (C=O) groups excluding carboxylic acids is 1. The standard InChI is InChI=1S/C18H15ClN4O3/c1-26-13-6-10(5-12(19)17(13)25)11-7-14(24)21-18-15(11)16(22-23-18)9-3-2-4-20-8-9/h2-6,8,11,25H,7H2,1H3,(H2,21,22,23,24). The van der Waals surface area contributed by atoms with E-state index >= 15 is 0 Å². The second kappa shape index (κ2) is 6.34. The number of methoxy groups -OCH3 is 1. The van der Waals surface area contributed by atoms with E-state index in [1.807, 2.05) is 12.1 Å². The quantitative estimate of drug-likeness (QED) is 0.656. The highest BCUT2D eigenvalue weighted by Gasteiger charge is 2.33. The minimum absolute atomic E-state index is 0.127. The smallest absolute Gasteiger partial charge is 0.226 e. The number of carbonyl (C=O) groups is 1. The Kier molecular flexibility index (Phi) is 4.00. The van der Waals surface area contributed by atoms with E-state index in [-0.39, 0.29) is 34.8 Å². The van der Waals surface area contributed by atoms with Crippen molar-refractivity contribution in [1.29, 1.82) is 0 Å². The molecule has 0 bridgehead atoms. The molecule has 1 amide bonds. The van der Waals surface area contributed by atoms with Gasteiger partial charge in [0, 0.05) is 35.9 Å². The Bertz CT molecular complexity index is 988. The monoisotopic (exact) mass is 370 g/mol. The topological polar surface area (TPSA) is 100 Å². The second-order valence-corrected chi connectivity index (χ2v) is 6.37. The number of ether oxygens (including phenoxy) is 1. The molecule has 3 aromatic rings. The Hall–Kier alpha value is -3.06. The summed E-state index contributed by atoms with van der Waals surface area (Å²) in [5.41, 5.74) is 3.24. The Morgan fingerprint density at radius 3 is 2.96 bits per heavy atom. The van der Waals surface area contributed by atoms with Crippen LogP contribution in [0.25, 0.3) is 11.3 Å². The van der Waals surface area contributed by atoms with Gasteiger partial charge in [0.05, 0.1) is 17.8 Å². The number of phenolic OH excluding ortho intramolecular Hbond substituents is 1. The lowest BCUT2D eigenvalue weighted by Gasteiger charge is -2.24. The molecule has 0 saturated heterocycles. The molecule has 7 nitrogen and oxygen atoms in total. The summed E-state index contributed by atoms with van der Waals surface area (Å²) in [6.45, 7) is 0. The average Bonchev–Trinajstić information content (AvgIpc) is 3.07. The number of benzene rings is 1. The fourth-order valence-electron chi connectivity index (χ4n) is 3.22. The van der Waals surface area contributed by atoms with Gasteiger partial charge in [-0.3, -0.25) is 14.9 Å². The number of hydrogen-bond acceptors (Lipinski definition) is 5. The van der Waals surface area contributed by atoms with Crippen LogP contribution in [0.1, 0.15) is 23.5 Å². The number of nitrogens with one attached hydrogen (secondary N) is 2. The first-order valence-corrected chi connectivity index (χ1v) is 8.31. The van der Waals surface area contributed by atoms with Crippen LogP contribution in [-0.4, -0.2) is 33.3 Å². The summed E-state index contributed by atoms with van der Waals surface area (Å²) in [5, 5.41) is 20.2. The lowest BCUT2D eigenvalue weighted by atomic mass is 9.84. The number of anilines is 1. The summed E-state index contributed by atoms with van der Waals surface area (Å²) in [7, 11) is 1.45. The van der Waals surface area contributed by atoms with Crippen LogP contribution < -0.4 is 10.1 Å². The van der Waals surface area contributed by atoms with Crippen LogP contribution in [0.15, 0.2) is 36.7 Å². The number of hydrogen-bond donors (Lipinski definition) is 3. The SMILES string of the molecule is COc1cc(C2CC(=O)Nc3n[nH]c(-c4cccnc4)c32)cc(Cl)c1O. The zero-order valence-electron chi connectivity index (χ0n) is 13.8. The van der Waals surface area contributed by atoms with Gasteiger partial charge >= 0.3 is 0 Å². The van der Waals surface area contributed by atoms with Crippen molar-refractivity contribution in [3.05, 3.63) is 52.8 Å². The van der Waals surface area contributed by atoms with Crippen LogP contribution in [0.3, 0.4) is 0 Å². The molecular weight excluding hydrogens is 356 g/mol. The summed E-state index contributed by atoms with van der Waals surface area (Å²) < 4.78 is 5.20. The van der Waals surface area contributed by atoms with Crippen LogP contribution in [0, 0.1) is 0 Å². The van der Waals surface area contributed by atoms with E-state index in [1.54, 1.807) is 24.5 Å². The predicted octanol–water partition coefficient (Wildman–Crippen LogP) is 3.31. The minimum atomic E-state index is -0.292. The maximum Gasteiger partial charge on any atom is 0.226 e. The maximum atomic E-state index is 12.2. The molecular formula is C18H15ClN4O3. The van der Waals surface area contributed by atoms with Gasteiger partial charge in [-0.1, -0.05) is 11.6 Å². The van der Waals surface area contributed by atoms with Gasteiger partial charge in [0.15, 0.2) is 17.3 Å². The molecule has 0 fully saturated rings. The number of aromatic amines is 1. The third-order valence-corrected chi connectivity index (χ3v) is 4.71. The van der Waals surface area contributed by atoms with Crippen LogP contribution in [0.4, 0.5) is 5.82 Å². The molecule has 1 unspecified atom stereocenters. The van der Waals surface area contributed by atoms with E-state index in [4.69, 9.17) is 16.3 Å². The third-order valence-electron chi connectivity index (χ3n) is 4.42. The first-order chi connectivity index (χ1) is 12.6. The lowest BCUT2D eigenvalue weighted by Crippen LogP contribution is -2.23. The zero-order valence-corrected chi connectivity index (χ0v) is 14.5. The van der Waals surface area contributed by atoms with E-state index in [2.05, 4.69) is 20.5 Å². The lowest BCUT2D eigenvalue weighted by molar-refractivity contribution is -0.116. The largest absolute Gasteiger partial charge is 0.503 e. The molecule has 0 saturated carbocycles. The first kappa shape index (κ1) is 16.4. The van der Waals surface area contributed by atoms with Gasteiger partial charge in [-0.2, -0.15) is 5.10 Å². The highest BCUT2D eigenvalue weighted by atomic mass is 35.5. The van der Waals surface area contributed by atoms with Gasteiger partial charge in [0.25, 0.3) is 0 Å². The highest BCUT2D eigenvalue weighted by molar-refractivity contribution is 6.32. The summed E-state index contributed by atoms with van der Waals surface area (Å²) in [6, 6.07) is 7.08. The number of nitrogens with zero attached hydrogens (tertiary/aromatic N) is 2. The Balaban J connectivity index is 1.89. The van der Waals surface area contributed by atoms with Crippen molar-refractivity contribution >= 4 is 23.3 Å². The number of phenols is 1. The van der Waals surface area contributed by atoms with Gasteiger partial charge < -0.3 is 15.2 Å². The zero-order chi connectivity index (χ0) is 18.3. The predicted molar refractivity (Wildman–Crippen MR) is 96.6 cm³/mol. The maximum absolute atomic E-state index is 12.2. The molecule has 8 heteroatoms. The van der Waals surface area contributed by atoms with Crippen LogP contribution in [0.5, 0.6) is 11.5 Å². The van der Waals surface area contributed by atoms with Crippen molar-refractivity contribution in [2.75, 3.05) is 12.4 Å². The minimum Gasteiger partial charge on any atom is -0.503 e. The van der Waals surface area contributed by atoms with E-state index in [9.17, 15) is 9.90 Å². The van der Waals surface area contributed by atoms with E-state index < -0.39 is 0 Å². The van der Waals surface area contributed by atoms with Gasteiger partial charge in [0.2, 0.25) is 5.91 Å². The number of pyridine rings is 1. The van der Waals surface area contributed by atoms with Crippen LogP contribution >= 0.6 is 11.6 Å². The summed E-state index contributed by atoms with van der Waals surface area (Å²) in [6.07, 6.45) is 3.64. The molecule has 3 N–H and O–H groups in total. The molecule has 4 rings (SSSR count). The van der Waals surface area contributed by atoms with Crippen molar-refractivity contribution in [3.8, 4) is 22.8 Å². The highest BCUT2D eigenvalue weighted by Crippen LogP contribution is 2.45. The van der Waals surface area contributed by atoms with Crippen molar-refractivity contribution in [2.24, 2.45) is 0 Å². The van der Waals surface area contributed by atoms with Crippen LogP contribution in [-0.2, 0) is 4.79 Å². The van der Waals surface area contributed by atoms with Gasteiger partial charge in [-0.15, -0.1) is 0 Å². The number of rotatable bonds is 3. The number of amides is 1. The first-order valence-electron chi connectivity index (χ1n) is 7.93. The summed E-state index contributed by atoms with van der Waals surface area (Å²) >= 11 is 6.15.